The van der Waals surface area contributed by atoms with Crippen LogP contribution in [0.25, 0.3) is 16.8 Å². The molecule has 1 aromatic heterocycles. The zero-order chi connectivity index (χ0) is 27.0. The summed E-state index contributed by atoms with van der Waals surface area (Å²) in [7, 11) is -2.37. The van der Waals surface area contributed by atoms with Crippen LogP contribution in [0.5, 0.6) is 5.75 Å². The maximum atomic E-state index is 14.2. The third-order valence-corrected chi connectivity index (χ3v) is 13.7. The highest BCUT2D eigenvalue weighted by atomic mass is 127. The molecular weight excluding hydrogens is 618 g/mol. The lowest BCUT2D eigenvalue weighted by Gasteiger charge is -2.42. The molecule has 2 aromatic carbocycles. The summed E-state index contributed by atoms with van der Waals surface area (Å²) < 4.78 is 50.7. The lowest BCUT2D eigenvalue weighted by molar-refractivity contribution is -0.140. The van der Waals surface area contributed by atoms with Crippen LogP contribution in [0.2, 0.25) is 21.6 Å². The van der Waals surface area contributed by atoms with Gasteiger partial charge >= 0.3 is 6.18 Å². The van der Waals surface area contributed by atoms with Crippen molar-refractivity contribution in [3.63, 3.8) is 0 Å². The maximum Gasteiger partial charge on any atom is 0.435 e. The quantitative estimate of drug-likeness (QED) is 0.190. The van der Waals surface area contributed by atoms with E-state index in [4.69, 9.17) is 21.3 Å². The summed E-state index contributed by atoms with van der Waals surface area (Å²) in [4.78, 5) is 0. The molecule has 0 aliphatic heterocycles. The predicted octanol–water partition coefficient (Wildman–Crippen LogP) is 9.24. The highest BCUT2D eigenvalue weighted by Crippen LogP contribution is 2.45. The molecule has 10 heteroatoms. The first-order valence-electron chi connectivity index (χ1n) is 11.6. The molecule has 3 aromatic rings. The Balaban J connectivity index is 2.21. The fourth-order valence-corrected chi connectivity index (χ4v) is 11.4. The van der Waals surface area contributed by atoms with Crippen LogP contribution in [-0.4, -0.2) is 18.1 Å². The molecule has 0 radical (unpaired) electrons. The lowest BCUT2D eigenvalue weighted by Crippen LogP contribution is -2.50. The fourth-order valence-electron chi connectivity index (χ4n) is 5.02. The first-order valence-corrected chi connectivity index (χ1v) is 15.2. The van der Waals surface area contributed by atoms with Gasteiger partial charge in [0, 0.05) is 10.6 Å². The minimum Gasteiger partial charge on any atom is -0.543 e. The lowest BCUT2D eigenvalue weighted by atomic mass is 10.1. The number of nitrogens with zero attached hydrogens (tertiary/aromatic N) is 3. The van der Waals surface area contributed by atoms with Crippen molar-refractivity contribution < 1.29 is 17.6 Å². The molecule has 0 unspecified atom stereocenters. The Morgan fingerprint density at radius 2 is 1.56 bits per heavy atom. The number of benzene rings is 2. The van der Waals surface area contributed by atoms with Gasteiger partial charge in [0.25, 0.3) is 8.32 Å². The van der Waals surface area contributed by atoms with Crippen molar-refractivity contribution in [1.29, 1.82) is 5.26 Å². The van der Waals surface area contributed by atoms with E-state index in [-0.39, 0.29) is 36.5 Å². The number of halogens is 5. The van der Waals surface area contributed by atoms with Gasteiger partial charge in [-0.2, -0.15) is 23.5 Å². The number of hydrogen-bond acceptors (Lipinski definition) is 3. The van der Waals surface area contributed by atoms with Crippen LogP contribution < -0.4 is 4.43 Å². The molecule has 192 valence electrons. The Morgan fingerprint density at radius 3 is 2.03 bits per heavy atom. The van der Waals surface area contributed by atoms with Gasteiger partial charge in [0.15, 0.2) is 5.69 Å². The topological polar surface area (TPSA) is 50.8 Å². The van der Waals surface area contributed by atoms with Gasteiger partial charge in [-0.25, -0.2) is 4.68 Å². The van der Waals surface area contributed by atoms with Gasteiger partial charge in [0.05, 0.1) is 17.3 Å². The molecule has 0 spiro atoms. The minimum atomic E-state index is -4.69. The average Bonchev–Trinajstić information content (AvgIpc) is 3.14. The Kier molecular flexibility index (Phi) is 8.53. The zero-order valence-corrected chi connectivity index (χ0v) is 24.8. The summed E-state index contributed by atoms with van der Waals surface area (Å²) in [5, 5.41) is 13.3. The SMILES string of the molecule is CC(C)[Si](Oc1cc(Cl)cc(-c2c(C(F)(F)F)nn(-c3ccc(C#N)cc3)c2I)c1)(C(C)C)C(C)C. The smallest absolute Gasteiger partial charge is 0.435 e. The van der Waals surface area contributed by atoms with Crippen LogP contribution >= 0.6 is 34.2 Å². The third kappa shape index (κ3) is 5.45. The van der Waals surface area contributed by atoms with Crippen molar-refractivity contribution >= 4 is 42.5 Å². The summed E-state index contributed by atoms with van der Waals surface area (Å²) in [6.07, 6.45) is -4.69. The second kappa shape index (κ2) is 10.8. The summed E-state index contributed by atoms with van der Waals surface area (Å²) >= 11 is 8.31. The highest BCUT2D eigenvalue weighted by molar-refractivity contribution is 14.1. The molecular formula is C26H28ClF3IN3OSi. The highest BCUT2D eigenvalue weighted by Gasteiger charge is 2.47. The molecule has 0 aliphatic rings. The van der Waals surface area contributed by atoms with Gasteiger partial charge in [0.1, 0.15) is 9.45 Å². The van der Waals surface area contributed by atoms with E-state index in [0.29, 0.717) is 17.0 Å². The molecule has 0 fully saturated rings. The van der Waals surface area contributed by atoms with Crippen LogP contribution in [0.1, 0.15) is 52.8 Å². The average molecular weight is 646 g/mol. The standard InChI is InChI=1S/C26H28ClF3IN3OSi/c1-15(2)36(16(3)4,17(5)6)35-22-12-19(11-20(27)13-22)23-24(26(28,29)30)33-34(25(23)31)21-9-7-18(14-32)8-10-21/h7-13,15-17H,1-6H3. The van der Waals surface area contributed by atoms with Crippen molar-refractivity contribution in [2.24, 2.45) is 0 Å². The first-order chi connectivity index (χ1) is 16.7. The molecule has 0 amide bonds. The predicted molar refractivity (Wildman–Crippen MR) is 148 cm³/mol. The third-order valence-electron chi connectivity index (χ3n) is 6.50. The fraction of sp³-hybridized carbons (Fsp3) is 0.385. The van der Waals surface area contributed by atoms with E-state index in [1.807, 2.05) is 28.7 Å². The Labute approximate surface area is 229 Å². The van der Waals surface area contributed by atoms with E-state index in [1.165, 1.54) is 10.7 Å². The van der Waals surface area contributed by atoms with Crippen LogP contribution in [-0.2, 0) is 6.18 Å². The maximum absolute atomic E-state index is 14.2. The van der Waals surface area contributed by atoms with Crippen LogP contribution in [0.15, 0.2) is 42.5 Å². The second-order valence-corrected chi connectivity index (χ2v) is 16.5. The molecule has 0 saturated carbocycles. The van der Waals surface area contributed by atoms with E-state index in [1.54, 1.807) is 36.4 Å². The van der Waals surface area contributed by atoms with Crippen LogP contribution in [0.3, 0.4) is 0 Å². The summed E-state index contributed by atoms with van der Waals surface area (Å²) in [5.41, 5.74) is 0.879. The molecule has 0 atom stereocenters. The molecule has 36 heavy (non-hydrogen) atoms. The monoisotopic (exact) mass is 645 g/mol. The first kappa shape index (κ1) is 28.5. The number of rotatable bonds is 7. The molecule has 1 heterocycles. The van der Waals surface area contributed by atoms with Gasteiger partial charge in [-0.3, -0.25) is 0 Å². The van der Waals surface area contributed by atoms with Crippen molar-refractivity contribution in [1.82, 2.24) is 9.78 Å². The zero-order valence-electron chi connectivity index (χ0n) is 20.9. The van der Waals surface area contributed by atoms with Crippen LogP contribution in [0.4, 0.5) is 13.2 Å². The number of hydrogen-bond donors (Lipinski definition) is 0. The van der Waals surface area contributed by atoms with Gasteiger partial charge < -0.3 is 4.43 Å². The van der Waals surface area contributed by atoms with Gasteiger partial charge in [-0.05, 0) is 87.2 Å². The largest absolute Gasteiger partial charge is 0.543 e. The molecule has 0 aliphatic carbocycles. The Bertz CT molecular complexity index is 1260. The number of nitriles is 1. The van der Waals surface area contributed by atoms with Crippen molar-refractivity contribution in [3.8, 4) is 28.6 Å². The van der Waals surface area contributed by atoms with Gasteiger partial charge in [0.2, 0.25) is 0 Å². The van der Waals surface area contributed by atoms with Gasteiger partial charge in [-0.1, -0.05) is 53.1 Å². The van der Waals surface area contributed by atoms with Crippen molar-refractivity contribution in [2.45, 2.75) is 64.3 Å². The number of alkyl halides is 3. The van der Waals surface area contributed by atoms with Crippen molar-refractivity contribution in [2.75, 3.05) is 0 Å². The van der Waals surface area contributed by atoms with Crippen LogP contribution in [0, 0.1) is 15.0 Å². The summed E-state index contributed by atoms with van der Waals surface area (Å²) in [6, 6.07) is 13.0. The van der Waals surface area contributed by atoms with Crippen molar-refractivity contribution in [3.05, 3.63) is 62.4 Å². The normalized spacial score (nSPS) is 12.5. The molecule has 0 bridgehead atoms. The van der Waals surface area contributed by atoms with E-state index >= 15 is 0 Å². The van der Waals surface area contributed by atoms with E-state index < -0.39 is 20.2 Å². The molecule has 0 N–H and O–H groups in total. The van der Waals surface area contributed by atoms with E-state index in [0.717, 1.165) is 0 Å². The molecule has 0 saturated heterocycles. The van der Waals surface area contributed by atoms with E-state index in [9.17, 15) is 13.2 Å². The van der Waals surface area contributed by atoms with Gasteiger partial charge in [-0.15, -0.1) is 0 Å². The Morgan fingerprint density at radius 1 is 1.00 bits per heavy atom. The van der Waals surface area contributed by atoms with E-state index in [2.05, 4.69) is 46.6 Å². The minimum absolute atomic E-state index is 0.0642. The summed E-state index contributed by atoms with van der Waals surface area (Å²) in [5.74, 6) is 0.468. The second-order valence-electron chi connectivity index (χ2n) is 9.68. The Hall–Kier alpha value is -2.03. The molecule has 4 nitrogen and oxygen atoms in total. The summed E-state index contributed by atoms with van der Waals surface area (Å²) in [6.45, 7) is 12.9. The molecule has 3 rings (SSSR count). The number of aromatic nitrogens is 2.